The maximum Gasteiger partial charge on any atom is 0.264 e. The minimum Gasteiger partial charge on any atom is -0.352 e. The van der Waals surface area contributed by atoms with Crippen molar-refractivity contribution in [2.45, 2.75) is 76.4 Å². The molecule has 7 nitrogen and oxygen atoms in total. The van der Waals surface area contributed by atoms with Crippen LogP contribution in [0.2, 0.25) is 5.02 Å². The predicted molar refractivity (Wildman–Crippen MR) is 163 cm³/mol. The van der Waals surface area contributed by atoms with Gasteiger partial charge in [0.2, 0.25) is 11.8 Å². The molecule has 1 unspecified atom stereocenters. The van der Waals surface area contributed by atoms with Crippen LogP contribution < -0.4 is 9.62 Å². The van der Waals surface area contributed by atoms with Crippen molar-refractivity contribution < 1.29 is 18.0 Å². The third-order valence-corrected chi connectivity index (χ3v) is 9.57. The van der Waals surface area contributed by atoms with E-state index < -0.39 is 28.5 Å². The van der Waals surface area contributed by atoms with Crippen molar-refractivity contribution in [1.82, 2.24) is 10.2 Å². The summed E-state index contributed by atoms with van der Waals surface area (Å²) in [6.45, 7) is 5.30. The maximum absolute atomic E-state index is 14.2. The Kier molecular flexibility index (Phi) is 10.1. The summed E-state index contributed by atoms with van der Waals surface area (Å²) in [7, 11) is -4.13. The molecule has 9 heteroatoms. The number of carbonyl (C=O) groups is 2. The Morgan fingerprint density at radius 2 is 1.68 bits per heavy atom. The summed E-state index contributed by atoms with van der Waals surface area (Å²) in [5.41, 5.74) is 2.86. The standard InChI is InChI=1S/C32H38ClN3O4S/c1-4-29(32(38)34-27-13-8-9-14-27)35(21-25-12-10-11-23(2)19-25)31(37)22-36(30-18-17-26(33)20-24(30)3)41(39,40)28-15-6-5-7-16-28/h5-7,10-12,15-20,27,29H,4,8-9,13-14,21-22H2,1-3H3,(H,34,38). The van der Waals surface area contributed by atoms with E-state index in [0.717, 1.165) is 41.1 Å². The highest BCUT2D eigenvalue weighted by molar-refractivity contribution is 7.92. The number of rotatable bonds is 11. The maximum atomic E-state index is 14.2. The van der Waals surface area contributed by atoms with Gasteiger partial charge in [-0.25, -0.2) is 8.42 Å². The van der Waals surface area contributed by atoms with Gasteiger partial charge in [0.25, 0.3) is 10.0 Å². The second kappa shape index (κ2) is 13.5. The van der Waals surface area contributed by atoms with Crippen LogP contribution >= 0.6 is 11.6 Å². The molecule has 1 aliphatic rings. The molecule has 4 rings (SSSR count). The Bertz CT molecular complexity index is 1470. The lowest BCUT2D eigenvalue weighted by Gasteiger charge is -2.34. The average molecular weight is 596 g/mol. The molecule has 0 saturated heterocycles. The second-order valence-electron chi connectivity index (χ2n) is 10.7. The Hall–Kier alpha value is -3.36. The molecular formula is C32H38ClN3O4S. The van der Waals surface area contributed by atoms with Crippen molar-refractivity contribution in [3.05, 3.63) is 94.5 Å². The van der Waals surface area contributed by atoms with Gasteiger partial charge in [0.15, 0.2) is 0 Å². The lowest BCUT2D eigenvalue weighted by molar-refractivity contribution is -0.140. The fourth-order valence-electron chi connectivity index (χ4n) is 5.43. The summed E-state index contributed by atoms with van der Waals surface area (Å²) in [5.74, 6) is -0.672. The van der Waals surface area contributed by atoms with Gasteiger partial charge in [-0.05, 0) is 74.6 Å². The summed E-state index contributed by atoms with van der Waals surface area (Å²) < 4.78 is 29.1. The van der Waals surface area contributed by atoms with Gasteiger partial charge in [-0.15, -0.1) is 0 Å². The lowest BCUT2D eigenvalue weighted by Crippen LogP contribution is -2.53. The van der Waals surface area contributed by atoms with Gasteiger partial charge in [0, 0.05) is 17.6 Å². The second-order valence-corrected chi connectivity index (χ2v) is 13.0. The largest absolute Gasteiger partial charge is 0.352 e. The molecule has 0 radical (unpaired) electrons. The van der Waals surface area contributed by atoms with E-state index in [-0.39, 0.29) is 23.4 Å². The summed E-state index contributed by atoms with van der Waals surface area (Å²) in [6.07, 6.45) is 4.38. The Balaban J connectivity index is 1.73. The molecule has 3 aromatic carbocycles. The number of hydrogen-bond donors (Lipinski definition) is 1. The molecule has 0 heterocycles. The molecule has 3 aromatic rings. The van der Waals surface area contributed by atoms with Gasteiger partial charge in [0.1, 0.15) is 12.6 Å². The Morgan fingerprint density at radius 1 is 0.976 bits per heavy atom. The summed E-state index contributed by atoms with van der Waals surface area (Å²) in [5, 5.41) is 3.60. The van der Waals surface area contributed by atoms with Crippen molar-refractivity contribution >= 4 is 39.1 Å². The summed E-state index contributed by atoms with van der Waals surface area (Å²) in [4.78, 5) is 29.4. The molecule has 1 N–H and O–H groups in total. The van der Waals surface area contributed by atoms with Crippen LogP contribution in [0.3, 0.4) is 0 Å². The van der Waals surface area contributed by atoms with Crippen molar-refractivity contribution in [2.24, 2.45) is 0 Å². The van der Waals surface area contributed by atoms with Gasteiger partial charge in [-0.1, -0.05) is 79.4 Å². The van der Waals surface area contributed by atoms with E-state index in [0.29, 0.717) is 22.7 Å². The number of aryl methyl sites for hydroxylation is 2. The van der Waals surface area contributed by atoms with E-state index in [2.05, 4.69) is 5.32 Å². The average Bonchev–Trinajstić information content (AvgIpc) is 3.45. The zero-order valence-corrected chi connectivity index (χ0v) is 25.4. The first kappa shape index (κ1) is 30.6. The van der Waals surface area contributed by atoms with Crippen LogP contribution in [0, 0.1) is 13.8 Å². The third kappa shape index (κ3) is 7.49. The van der Waals surface area contributed by atoms with Crippen LogP contribution in [0.1, 0.15) is 55.7 Å². The summed E-state index contributed by atoms with van der Waals surface area (Å²) >= 11 is 6.19. The van der Waals surface area contributed by atoms with E-state index in [4.69, 9.17) is 11.6 Å². The molecule has 1 aliphatic carbocycles. The molecular weight excluding hydrogens is 558 g/mol. The van der Waals surface area contributed by atoms with Gasteiger partial charge in [0.05, 0.1) is 10.6 Å². The van der Waals surface area contributed by atoms with Crippen molar-refractivity contribution in [1.29, 1.82) is 0 Å². The van der Waals surface area contributed by atoms with Gasteiger partial charge >= 0.3 is 0 Å². The first-order chi connectivity index (χ1) is 19.6. The van der Waals surface area contributed by atoms with Crippen LogP contribution in [-0.2, 0) is 26.2 Å². The fraction of sp³-hybridized carbons (Fsp3) is 0.375. The zero-order chi connectivity index (χ0) is 29.6. The number of amides is 2. The normalized spacial score (nSPS) is 14.4. The predicted octanol–water partition coefficient (Wildman–Crippen LogP) is 6.02. The third-order valence-electron chi connectivity index (χ3n) is 7.56. The number of halogens is 1. The quantitative estimate of drug-likeness (QED) is 0.294. The van der Waals surface area contributed by atoms with Crippen LogP contribution in [0.4, 0.5) is 5.69 Å². The molecule has 1 fully saturated rings. The van der Waals surface area contributed by atoms with Crippen molar-refractivity contribution in [3.63, 3.8) is 0 Å². The lowest BCUT2D eigenvalue weighted by atomic mass is 10.1. The molecule has 1 atom stereocenters. The number of nitrogens with zero attached hydrogens (tertiary/aromatic N) is 2. The van der Waals surface area contributed by atoms with E-state index >= 15 is 0 Å². The van der Waals surface area contributed by atoms with Crippen molar-refractivity contribution in [2.75, 3.05) is 10.8 Å². The molecule has 218 valence electrons. The highest BCUT2D eigenvalue weighted by Gasteiger charge is 2.35. The minimum atomic E-state index is -4.13. The summed E-state index contributed by atoms with van der Waals surface area (Å²) in [6, 6.07) is 20.0. The first-order valence-electron chi connectivity index (χ1n) is 14.1. The number of nitrogens with one attached hydrogen (secondary N) is 1. The zero-order valence-electron chi connectivity index (χ0n) is 23.8. The van der Waals surface area contributed by atoms with Crippen molar-refractivity contribution in [3.8, 4) is 0 Å². The molecule has 1 saturated carbocycles. The number of anilines is 1. The molecule has 0 aromatic heterocycles. The first-order valence-corrected chi connectivity index (χ1v) is 15.9. The number of hydrogen-bond acceptors (Lipinski definition) is 4. The highest BCUT2D eigenvalue weighted by Crippen LogP contribution is 2.29. The molecule has 0 spiro atoms. The highest BCUT2D eigenvalue weighted by atomic mass is 35.5. The molecule has 2 amide bonds. The SMILES string of the molecule is CCC(C(=O)NC1CCCC1)N(Cc1cccc(C)c1)C(=O)CN(c1ccc(Cl)cc1C)S(=O)(=O)c1ccccc1. The number of sulfonamides is 1. The van der Waals surface area contributed by atoms with Crippen LogP contribution in [0.5, 0.6) is 0 Å². The van der Waals surface area contributed by atoms with E-state index in [9.17, 15) is 18.0 Å². The van der Waals surface area contributed by atoms with Crippen LogP contribution in [0.15, 0.2) is 77.7 Å². The Labute approximate surface area is 248 Å². The number of benzene rings is 3. The molecule has 0 bridgehead atoms. The minimum absolute atomic E-state index is 0.0680. The van der Waals surface area contributed by atoms with Crippen LogP contribution in [-0.4, -0.2) is 43.8 Å². The topological polar surface area (TPSA) is 86.8 Å². The molecule has 41 heavy (non-hydrogen) atoms. The fourth-order valence-corrected chi connectivity index (χ4v) is 7.15. The smallest absolute Gasteiger partial charge is 0.264 e. The van der Waals surface area contributed by atoms with E-state index in [1.807, 2.05) is 38.1 Å². The Morgan fingerprint density at radius 3 is 2.32 bits per heavy atom. The molecule has 0 aliphatic heterocycles. The van der Waals surface area contributed by atoms with E-state index in [1.165, 1.54) is 17.0 Å². The van der Waals surface area contributed by atoms with Crippen LogP contribution in [0.25, 0.3) is 0 Å². The van der Waals surface area contributed by atoms with Gasteiger partial charge in [-0.3, -0.25) is 13.9 Å². The number of carbonyl (C=O) groups excluding carboxylic acids is 2. The monoisotopic (exact) mass is 595 g/mol. The van der Waals surface area contributed by atoms with E-state index in [1.54, 1.807) is 43.3 Å². The van der Waals surface area contributed by atoms with Gasteiger partial charge in [-0.2, -0.15) is 0 Å². The van der Waals surface area contributed by atoms with Gasteiger partial charge < -0.3 is 10.2 Å².